The zero-order chi connectivity index (χ0) is 13.8. The molecule has 0 bridgehead atoms. The average molecular weight is 282 g/mol. The number of anilines is 1. The number of nitrogens with zero attached hydrogens (tertiary/aromatic N) is 1. The van der Waals surface area contributed by atoms with Crippen LogP contribution in [0.25, 0.3) is 0 Å². The zero-order valence-corrected chi connectivity index (χ0v) is 12.9. The lowest BCUT2D eigenvalue weighted by Crippen LogP contribution is -2.37. The van der Waals surface area contributed by atoms with Gasteiger partial charge in [-0.15, -0.1) is 11.6 Å². The third-order valence-corrected chi connectivity index (χ3v) is 4.37. The highest BCUT2D eigenvalue weighted by molar-refractivity contribution is 6.17. The summed E-state index contributed by atoms with van der Waals surface area (Å²) in [5.41, 5.74) is 3.82. The largest absolute Gasteiger partial charge is 0.383 e. The summed E-state index contributed by atoms with van der Waals surface area (Å²) in [5.74, 6) is 1.43. The molecule has 2 rings (SSSR count). The fourth-order valence-corrected chi connectivity index (χ4v) is 2.86. The van der Waals surface area contributed by atoms with Crippen molar-refractivity contribution in [3.8, 4) is 0 Å². The Labute approximate surface area is 121 Å². The molecular formula is C16H24ClNO. The highest BCUT2D eigenvalue weighted by Gasteiger charge is 2.32. The van der Waals surface area contributed by atoms with Crippen molar-refractivity contribution in [2.75, 3.05) is 25.2 Å². The second-order valence-electron chi connectivity index (χ2n) is 5.52. The van der Waals surface area contributed by atoms with Gasteiger partial charge in [-0.2, -0.15) is 0 Å². The highest BCUT2D eigenvalue weighted by Crippen LogP contribution is 2.37. The highest BCUT2D eigenvalue weighted by atomic mass is 35.5. The van der Waals surface area contributed by atoms with E-state index in [1.54, 1.807) is 7.11 Å². The number of methoxy groups -OCH3 is 1. The van der Waals surface area contributed by atoms with Gasteiger partial charge < -0.3 is 9.64 Å². The minimum atomic E-state index is 0.581. The van der Waals surface area contributed by atoms with E-state index in [1.807, 2.05) is 0 Å². The molecule has 1 unspecified atom stereocenters. The van der Waals surface area contributed by atoms with Crippen molar-refractivity contribution >= 4 is 17.3 Å². The van der Waals surface area contributed by atoms with Crippen molar-refractivity contribution in [1.29, 1.82) is 0 Å². The van der Waals surface area contributed by atoms with Crippen LogP contribution in [0.1, 0.15) is 30.9 Å². The molecule has 0 heterocycles. The first-order valence-corrected chi connectivity index (χ1v) is 7.62. The van der Waals surface area contributed by atoms with E-state index in [-0.39, 0.29) is 0 Å². The minimum Gasteiger partial charge on any atom is -0.383 e. The molecule has 3 heteroatoms. The molecule has 1 saturated carbocycles. The summed E-state index contributed by atoms with van der Waals surface area (Å²) in [6.45, 7) is 6.23. The van der Waals surface area contributed by atoms with Crippen LogP contribution in [-0.4, -0.2) is 26.3 Å². The maximum absolute atomic E-state index is 5.90. The number of rotatable bonds is 7. The van der Waals surface area contributed by atoms with Crippen LogP contribution < -0.4 is 4.90 Å². The van der Waals surface area contributed by atoms with Crippen molar-refractivity contribution in [1.82, 2.24) is 0 Å². The van der Waals surface area contributed by atoms with E-state index in [0.717, 1.165) is 19.1 Å². The SMILES string of the molecule is COCCN(c1ccc(CCl)cc1C)C(C)C1CC1. The molecule has 0 aliphatic heterocycles. The van der Waals surface area contributed by atoms with Gasteiger partial charge in [0.25, 0.3) is 0 Å². The fourth-order valence-electron chi connectivity index (χ4n) is 2.69. The molecule has 1 aromatic carbocycles. The van der Waals surface area contributed by atoms with E-state index in [2.05, 4.69) is 36.9 Å². The Morgan fingerprint density at radius 2 is 2.16 bits per heavy atom. The minimum absolute atomic E-state index is 0.581. The van der Waals surface area contributed by atoms with Crippen molar-refractivity contribution in [3.63, 3.8) is 0 Å². The number of benzene rings is 1. The van der Waals surface area contributed by atoms with E-state index in [9.17, 15) is 0 Å². The second kappa shape index (κ2) is 6.62. The maximum Gasteiger partial charge on any atom is 0.0637 e. The maximum atomic E-state index is 5.90. The Kier molecular flexibility index (Phi) is 5.12. The van der Waals surface area contributed by atoms with Gasteiger partial charge in [0.05, 0.1) is 6.61 Å². The molecule has 0 saturated heterocycles. The smallest absolute Gasteiger partial charge is 0.0637 e. The van der Waals surface area contributed by atoms with Crippen molar-refractivity contribution < 1.29 is 4.74 Å². The molecule has 2 nitrogen and oxygen atoms in total. The number of hydrogen-bond donors (Lipinski definition) is 0. The van der Waals surface area contributed by atoms with Crippen LogP contribution in [0.4, 0.5) is 5.69 Å². The molecule has 106 valence electrons. The quantitative estimate of drug-likeness (QED) is 0.701. The van der Waals surface area contributed by atoms with Crippen LogP contribution in [0.2, 0.25) is 0 Å². The van der Waals surface area contributed by atoms with Crippen LogP contribution in [0.5, 0.6) is 0 Å². The van der Waals surface area contributed by atoms with Crippen LogP contribution in [-0.2, 0) is 10.6 Å². The Bertz CT molecular complexity index is 417. The number of hydrogen-bond acceptors (Lipinski definition) is 2. The lowest BCUT2D eigenvalue weighted by molar-refractivity contribution is 0.202. The molecule has 0 spiro atoms. The summed E-state index contributed by atoms with van der Waals surface area (Å²) in [5, 5.41) is 0. The second-order valence-corrected chi connectivity index (χ2v) is 5.79. The molecule has 0 aromatic heterocycles. The van der Waals surface area contributed by atoms with Gasteiger partial charge in [0.15, 0.2) is 0 Å². The molecule has 0 radical (unpaired) electrons. The Morgan fingerprint density at radius 1 is 1.42 bits per heavy atom. The summed E-state index contributed by atoms with van der Waals surface area (Å²) in [6, 6.07) is 7.13. The van der Waals surface area contributed by atoms with Crippen LogP contribution in [0.15, 0.2) is 18.2 Å². The monoisotopic (exact) mass is 281 g/mol. The number of aryl methyl sites for hydroxylation is 1. The Balaban J connectivity index is 2.20. The van der Waals surface area contributed by atoms with E-state index < -0.39 is 0 Å². The van der Waals surface area contributed by atoms with Gasteiger partial charge >= 0.3 is 0 Å². The first-order valence-electron chi connectivity index (χ1n) is 7.08. The third kappa shape index (κ3) is 3.64. The van der Waals surface area contributed by atoms with Gasteiger partial charge in [-0.05, 0) is 49.8 Å². The lowest BCUT2D eigenvalue weighted by Gasteiger charge is -2.33. The molecule has 1 fully saturated rings. The molecule has 1 aliphatic rings. The lowest BCUT2D eigenvalue weighted by atomic mass is 10.1. The summed E-state index contributed by atoms with van der Waals surface area (Å²) >= 11 is 5.90. The van der Waals surface area contributed by atoms with E-state index in [1.165, 1.54) is 29.7 Å². The molecule has 1 aliphatic carbocycles. The first-order chi connectivity index (χ1) is 9.17. The topological polar surface area (TPSA) is 12.5 Å². The van der Waals surface area contributed by atoms with Gasteiger partial charge in [-0.3, -0.25) is 0 Å². The molecule has 1 atom stereocenters. The van der Waals surface area contributed by atoms with Gasteiger partial charge in [0.1, 0.15) is 0 Å². The van der Waals surface area contributed by atoms with Crippen molar-refractivity contribution in [2.45, 2.75) is 38.6 Å². The van der Waals surface area contributed by atoms with Gasteiger partial charge in [0.2, 0.25) is 0 Å². The molecule has 19 heavy (non-hydrogen) atoms. The van der Waals surface area contributed by atoms with Crippen LogP contribution in [0, 0.1) is 12.8 Å². The van der Waals surface area contributed by atoms with E-state index in [4.69, 9.17) is 16.3 Å². The first kappa shape index (κ1) is 14.7. The molecule has 0 N–H and O–H groups in total. The third-order valence-electron chi connectivity index (χ3n) is 4.06. The Hall–Kier alpha value is -0.730. The molecular weight excluding hydrogens is 258 g/mol. The summed E-state index contributed by atoms with van der Waals surface area (Å²) in [6.07, 6.45) is 2.73. The van der Waals surface area contributed by atoms with E-state index >= 15 is 0 Å². The Morgan fingerprint density at radius 3 is 2.68 bits per heavy atom. The normalized spacial score (nSPS) is 16.4. The van der Waals surface area contributed by atoms with Crippen molar-refractivity contribution in [2.24, 2.45) is 5.92 Å². The predicted molar refractivity (Wildman–Crippen MR) is 82.1 cm³/mol. The predicted octanol–water partition coefficient (Wildman–Crippen LogP) is 3.99. The van der Waals surface area contributed by atoms with Crippen molar-refractivity contribution in [3.05, 3.63) is 29.3 Å². The van der Waals surface area contributed by atoms with Crippen LogP contribution in [0.3, 0.4) is 0 Å². The van der Waals surface area contributed by atoms with Gasteiger partial charge in [-0.1, -0.05) is 12.1 Å². The average Bonchev–Trinajstić information content (AvgIpc) is 3.24. The summed E-state index contributed by atoms with van der Waals surface area (Å²) < 4.78 is 5.27. The zero-order valence-electron chi connectivity index (χ0n) is 12.2. The number of ether oxygens (including phenoxy) is 1. The summed E-state index contributed by atoms with van der Waals surface area (Å²) in [7, 11) is 1.77. The van der Waals surface area contributed by atoms with Gasteiger partial charge in [0, 0.05) is 31.3 Å². The fraction of sp³-hybridized carbons (Fsp3) is 0.625. The number of halogens is 1. The van der Waals surface area contributed by atoms with Gasteiger partial charge in [-0.25, -0.2) is 0 Å². The standard InChI is InChI=1S/C16H24ClNO/c1-12-10-14(11-17)4-7-16(12)18(8-9-19-3)13(2)15-5-6-15/h4,7,10,13,15H,5-6,8-9,11H2,1-3H3. The molecule has 0 amide bonds. The van der Waals surface area contributed by atoms with Crippen LogP contribution >= 0.6 is 11.6 Å². The number of alkyl halides is 1. The van der Waals surface area contributed by atoms with E-state index in [0.29, 0.717) is 11.9 Å². The molecule has 1 aromatic rings. The summed E-state index contributed by atoms with van der Waals surface area (Å²) in [4.78, 5) is 2.49.